The summed E-state index contributed by atoms with van der Waals surface area (Å²) in [7, 11) is 2.27. The molecule has 0 saturated carbocycles. The standard InChI is InChI=1S/C18H21BrN2O5S/c1-11-6-7-13(27(23,24)21(2)3)10-14(11)20-18(22)12-8-15(25-4)17(19)16(9-12)26-5/h6-10H,1-5H3,(H,20,22). The lowest BCUT2D eigenvalue weighted by Crippen LogP contribution is -2.22. The molecule has 0 unspecified atom stereocenters. The second-order valence-electron chi connectivity index (χ2n) is 5.91. The Bertz CT molecular complexity index is 949. The molecule has 0 fully saturated rings. The van der Waals surface area contributed by atoms with Crippen LogP contribution >= 0.6 is 15.9 Å². The van der Waals surface area contributed by atoms with Gasteiger partial charge >= 0.3 is 0 Å². The van der Waals surface area contributed by atoms with Crippen LogP contribution in [0, 0.1) is 6.92 Å². The van der Waals surface area contributed by atoms with Crippen molar-refractivity contribution in [3.8, 4) is 11.5 Å². The molecule has 1 N–H and O–H groups in total. The molecule has 0 spiro atoms. The minimum Gasteiger partial charge on any atom is -0.495 e. The largest absolute Gasteiger partial charge is 0.495 e. The lowest BCUT2D eigenvalue weighted by atomic mass is 10.1. The van der Waals surface area contributed by atoms with E-state index in [2.05, 4.69) is 21.2 Å². The molecule has 0 bridgehead atoms. The average molecular weight is 457 g/mol. The number of benzene rings is 2. The molecule has 1 amide bonds. The topological polar surface area (TPSA) is 84.9 Å². The van der Waals surface area contributed by atoms with Gasteiger partial charge in [-0.25, -0.2) is 12.7 Å². The highest BCUT2D eigenvalue weighted by Crippen LogP contribution is 2.36. The van der Waals surface area contributed by atoms with Crippen LogP contribution in [0.4, 0.5) is 5.69 Å². The molecule has 0 aromatic heterocycles. The number of amides is 1. The summed E-state index contributed by atoms with van der Waals surface area (Å²) in [4.78, 5) is 12.8. The second kappa shape index (κ2) is 8.28. The van der Waals surface area contributed by atoms with Gasteiger partial charge in [-0.05, 0) is 52.7 Å². The molecule has 0 atom stereocenters. The Balaban J connectivity index is 2.42. The van der Waals surface area contributed by atoms with E-state index >= 15 is 0 Å². The van der Waals surface area contributed by atoms with Gasteiger partial charge in [0, 0.05) is 25.3 Å². The fourth-order valence-electron chi connectivity index (χ4n) is 2.30. The summed E-state index contributed by atoms with van der Waals surface area (Å²) in [5, 5.41) is 2.75. The lowest BCUT2D eigenvalue weighted by Gasteiger charge is -2.15. The summed E-state index contributed by atoms with van der Waals surface area (Å²) in [5.74, 6) is 0.474. The molecule has 0 aliphatic carbocycles. The van der Waals surface area contributed by atoms with Gasteiger partial charge in [0.15, 0.2) is 0 Å². The van der Waals surface area contributed by atoms with E-state index in [-0.39, 0.29) is 4.90 Å². The van der Waals surface area contributed by atoms with Gasteiger partial charge in [0.25, 0.3) is 5.91 Å². The molecular formula is C18H21BrN2O5S. The molecular weight excluding hydrogens is 436 g/mol. The smallest absolute Gasteiger partial charge is 0.255 e. The molecule has 2 aromatic rings. The van der Waals surface area contributed by atoms with Crippen LogP contribution < -0.4 is 14.8 Å². The molecule has 2 aromatic carbocycles. The fraction of sp³-hybridized carbons (Fsp3) is 0.278. The van der Waals surface area contributed by atoms with Gasteiger partial charge < -0.3 is 14.8 Å². The number of ether oxygens (including phenoxy) is 2. The zero-order valence-electron chi connectivity index (χ0n) is 15.7. The van der Waals surface area contributed by atoms with Crippen molar-refractivity contribution in [1.82, 2.24) is 4.31 Å². The Morgan fingerprint density at radius 3 is 2.11 bits per heavy atom. The van der Waals surface area contributed by atoms with Crippen molar-refractivity contribution >= 4 is 37.5 Å². The number of carbonyl (C=O) groups is 1. The van der Waals surface area contributed by atoms with Crippen LogP contribution in [0.25, 0.3) is 0 Å². The Morgan fingerprint density at radius 2 is 1.63 bits per heavy atom. The van der Waals surface area contributed by atoms with Crippen molar-refractivity contribution in [2.24, 2.45) is 0 Å². The number of methoxy groups -OCH3 is 2. The van der Waals surface area contributed by atoms with Gasteiger partial charge in [-0.1, -0.05) is 6.07 Å². The zero-order chi connectivity index (χ0) is 20.4. The van der Waals surface area contributed by atoms with Crippen molar-refractivity contribution < 1.29 is 22.7 Å². The maximum absolute atomic E-state index is 12.7. The van der Waals surface area contributed by atoms with Gasteiger partial charge in [0.2, 0.25) is 10.0 Å². The summed E-state index contributed by atoms with van der Waals surface area (Å²) < 4.78 is 36.9. The molecule has 0 heterocycles. The van der Waals surface area contributed by atoms with E-state index in [4.69, 9.17) is 9.47 Å². The highest BCUT2D eigenvalue weighted by molar-refractivity contribution is 9.10. The second-order valence-corrected chi connectivity index (χ2v) is 8.86. The number of sulfonamides is 1. The van der Waals surface area contributed by atoms with Crippen molar-refractivity contribution in [1.29, 1.82) is 0 Å². The number of nitrogens with one attached hydrogen (secondary N) is 1. The molecule has 9 heteroatoms. The summed E-state index contributed by atoms with van der Waals surface area (Å²) >= 11 is 3.36. The Hall–Kier alpha value is -2.10. The highest BCUT2D eigenvalue weighted by Gasteiger charge is 2.20. The van der Waals surface area contributed by atoms with E-state index in [0.29, 0.717) is 27.2 Å². The first-order valence-electron chi connectivity index (χ1n) is 7.88. The Labute approximate surface area is 167 Å². The average Bonchev–Trinajstić information content (AvgIpc) is 2.63. The van der Waals surface area contributed by atoms with E-state index in [0.717, 1.165) is 9.87 Å². The number of halogens is 1. The summed E-state index contributed by atoms with van der Waals surface area (Å²) in [6.45, 7) is 1.78. The number of hydrogen-bond donors (Lipinski definition) is 1. The predicted molar refractivity (Wildman–Crippen MR) is 107 cm³/mol. The van der Waals surface area contributed by atoms with E-state index in [1.807, 2.05) is 0 Å². The monoisotopic (exact) mass is 456 g/mol. The quantitative estimate of drug-likeness (QED) is 0.720. The van der Waals surface area contributed by atoms with Crippen LogP contribution in [0.2, 0.25) is 0 Å². The molecule has 0 aliphatic rings. The van der Waals surface area contributed by atoms with E-state index < -0.39 is 15.9 Å². The third-order valence-electron chi connectivity index (χ3n) is 3.94. The first-order chi connectivity index (χ1) is 12.6. The van der Waals surface area contributed by atoms with Gasteiger partial charge in [0.05, 0.1) is 19.1 Å². The van der Waals surface area contributed by atoms with E-state index in [9.17, 15) is 13.2 Å². The molecule has 0 aliphatic heterocycles. The predicted octanol–water partition coefficient (Wildman–Crippen LogP) is 3.28. The minimum atomic E-state index is -3.61. The molecule has 7 nitrogen and oxygen atoms in total. The Kier molecular flexibility index (Phi) is 6.50. The van der Waals surface area contributed by atoms with Crippen molar-refractivity contribution in [2.75, 3.05) is 33.6 Å². The number of carbonyl (C=O) groups excluding carboxylic acids is 1. The maximum atomic E-state index is 12.7. The van der Waals surface area contributed by atoms with Crippen LogP contribution in [0.5, 0.6) is 11.5 Å². The number of rotatable bonds is 6. The normalized spacial score (nSPS) is 11.4. The minimum absolute atomic E-state index is 0.0966. The molecule has 0 radical (unpaired) electrons. The van der Waals surface area contributed by atoms with Crippen LogP contribution in [-0.4, -0.2) is 46.9 Å². The van der Waals surface area contributed by atoms with E-state index in [1.165, 1.54) is 40.4 Å². The summed E-state index contributed by atoms with van der Waals surface area (Å²) in [6.07, 6.45) is 0. The van der Waals surface area contributed by atoms with Crippen LogP contribution in [-0.2, 0) is 10.0 Å². The molecule has 0 saturated heterocycles. The van der Waals surface area contributed by atoms with Crippen molar-refractivity contribution in [2.45, 2.75) is 11.8 Å². The summed E-state index contributed by atoms with van der Waals surface area (Å²) in [6, 6.07) is 7.73. The first kappa shape index (κ1) is 21.2. The van der Waals surface area contributed by atoms with Crippen LogP contribution in [0.3, 0.4) is 0 Å². The summed E-state index contributed by atoms with van der Waals surface area (Å²) in [5.41, 5.74) is 1.45. The van der Waals surface area contributed by atoms with Crippen LogP contribution in [0.1, 0.15) is 15.9 Å². The SMILES string of the molecule is COc1cc(C(=O)Nc2cc(S(=O)(=O)N(C)C)ccc2C)cc(OC)c1Br. The Morgan fingerprint density at radius 1 is 1.07 bits per heavy atom. The van der Waals surface area contributed by atoms with Crippen molar-refractivity contribution in [3.05, 3.63) is 45.9 Å². The van der Waals surface area contributed by atoms with Gasteiger partial charge in [-0.3, -0.25) is 4.79 Å². The van der Waals surface area contributed by atoms with Gasteiger partial charge in [-0.2, -0.15) is 0 Å². The number of nitrogens with zero attached hydrogens (tertiary/aromatic N) is 1. The third kappa shape index (κ3) is 4.42. The highest BCUT2D eigenvalue weighted by atomic mass is 79.9. The maximum Gasteiger partial charge on any atom is 0.255 e. The van der Waals surface area contributed by atoms with Gasteiger partial charge in [-0.15, -0.1) is 0 Å². The lowest BCUT2D eigenvalue weighted by molar-refractivity contribution is 0.102. The number of aryl methyl sites for hydroxylation is 1. The van der Waals surface area contributed by atoms with E-state index in [1.54, 1.807) is 25.1 Å². The number of hydrogen-bond acceptors (Lipinski definition) is 5. The van der Waals surface area contributed by atoms with Crippen LogP contribution in [0.15, 0.2) is 39.7 Å². The first-order valence-corrected chi connectivity index (χ1v) is 10.1. The zero-order valence-corrected chi connectivity index (χ0v) is 18.1. The fourth-order valence-corrected chi connectivity index (χ4v) is 3.78. The molecule has 2 rings (SSSR count). The third-order valence-corrected chi connectivity index (χ3v) is 6.54. The molecule has 146 valence electrons. The number of anilines is 1. The molecule has 27 heavy (non-hydrogen) atoms. The van der Waals surface area contributed by atoms with Crippen molar-refractivity contribution in [3.63, 3.8) is 0 Å². The van der Waals surface area contributed by atoms with Gasteiger partial charge in [0.1, 0.15) is 16.0 Å².